The molecule has 5 heteroatoms. The summed E-state index contributed by atoms with van der Waals surface area (Å²) in [5.41, 5.74) is 0.843. The molecule has 0 spiro atoms. The molecule has 1 aromatic carbocycles. The second-order valence-corrected chi connectivity index (χ2v) is 4.49. The van der Waals surface area contributed by atoms with E-state index in [1.165, 1.54) is 6.07 Å². The Hall–Kier alpha value is -1.13. The molecular formula is C12H17ClN2O2. The van der Waals surface area contributed by atoms with Crippen LogP contribution in [0.1, 0.15) is 31.7 Å². The third-order valence-corrected chi connectivity index (χ3v) is 3.32. The zero-order valence-electron chi connectivity index (χ0n) is 10.2. The van der Waals surface area contributed by atoms with Crippen LogP contribution in [-0.4, -0.2) is 18.0 Å². The monoisotopic (exact) mass is 256 g/mol. The summed E-state index contributed by atoms with van der Waals surface area (Å²) < 4.78 is 0. The predicted octanol–water partition coefficient (Wildman–Crippen LogP) is 3.35. The lowest BCUT2D eigenvalue weighted by atomic mass is 9.89. The zero-order valence-corrected chi connectivity index (χ0v) is 11.0. The van der Waals surface area contributed by atoms with Crippen molar-refractivity contribution < 1.29 is 4.92 Å². The smallest absolute Gasteiger partial charge is 0.273 e. The number of nitrogens with one attached hydrogen (secondary N) is 1. The fourth-order valence-corrected chi connectivity index (χ4v) is 2.21. The summed E-state index contributed by atoms with van der Waals surface area (Å²) >= 11 is 5.93. The molecule has 94 valence electrons. The normalized spacial score (nSPS) is 14.4. The van der Waals surface area contributed by atoms with Crippen molar-refractivity contribution in [2.24, 2.45) is 0 Å². The van der Waals surface area contributed by atoms with E-state index in [1.807, 2.05) is 20.9 Å². The molecule has 0 aromatic heterocycles. The minimum atomic E-state index is -0.350. The highest BCUT2D eigenvalue weighted by molar-refractivity contribution is 6.30. The second kappa shape index (κ2) is 5.98. The van der Waals surface area contributed by atoms with Gasteiger partial charge in [0.15, 0.2) is 0 Å². The van der Waals surface area contributed by atoms with Crippen LogP contribution < -0.4 is 5.32 Å². The summed E-state index contributed by atoms with van der Waals surface area (Å²) in [4.78, 5) is 10.7. The molecule has 17 heavy (non-hydrogen) atoms. The maximum absolute atomic E-state index is 11.0. The van der Waals surface area contributed by atoms with Gasteiger partial charge in [-0.05, 0) is 32.5 Å². The van der Waals surface area contributed by atoms with Gasteiger partial charge in [0.1, 0.15) is 0 Å². The average Bonchev–Trinajstić information content (AvgIpc) is 2.29. The lowest BCUT2D eigenvalue weighted by Gasteiger charge is -2.22. The van der Waals surface area contributed by atoms with Crippen LogP contribution >= 0.6 is 11.6 Å². The van der Waals surface area contributed by atoms with Crippen LogP contribution in [-0.2, 0) is 0 Å². The third-order valence-electron chi connectivity index (χ3n) is 3.08. The van der Waals surface area contributed by atoms with Crippen LogP contribution in [0, 0.1) is 10.1 Å². The van der Waals surface area contributed by atoms with E-state index >= 15 is 0 Å². The molecule has 2 atom stereocenters. The van der Waals surface area contributed by atoms with Gasteiger partial charge in [-0.3, -0.25) is 10.1 Å². The van der Waals surface area contributed by atoms with E-state index in [0.717, 1.165) is 6.42 Å². The number of halogens is 1. The number of nitro groups is 1. The van der Waals surface area contributed by atoms with Crippen LogP contribution in [0.3, 0.4) is 0 Å². The van der Waals surface area contributed by atoms with Gasteiger partial charge in [-0.2, -0.15) is 0 Å². The number of nitro benzene ring substituents is 1. The van der Waals surface area contributed by atoms with Gasteiger partial charge in [0, 0.05) is 28.6 Å². The van der Waals surface area contributed by atoms with Crippen LogP contribution in [0.4, 0.5) is 5.69 Å². The molecule has 0 saturated carbocycles. The Bertz CT molecular complexity index is 409. The summed E-state index contributed by atoms with van der Waals surface area (Å²) in [6, 6.07) is 4.89. The summed E-state index contributed by atoms with van der Waals surface area (Å²) in [5.74, 6) is 0.0825. The molecule has 0 aliphatic carbocycles. The van der Waals surface area contributed by atoms with E-state index in [1.54, 1.807) is 12.1 Å². The Labute approximate surface area is 106 Å². The van der Waals surface area contributed by atoms with Crippen LogP contribution in [0.2, 0.25) is 5.02 Å². The van der Waals surface area contributed by atoms with Crippen molar-refractivity contribution in [1.29, 1.82) is 0 Å². The van der Waals surface area contributed by atoms with Crippen molar-refractivity contribution in [2.75, 3.05) is 7.05 Å². The average molecular weight is 257 g/mol. The number of likely N-dealkylation sites (N-methyl/N-ethyl adjacent to an activating group) is 1. The van der Waals surface area contributed by atoms with Gasteiger partial charge in [-0.1, -0.05) is 18.5 Å². The van der Waals surface area contributed by atoms with Crippen molar-refractivity contribution in [3.05, 3.63) is 38.9 Å². The van der Waals surface area contributed by atoms with Crippen LogP contribution in [0.25, 0.3) is 0 Å². The van der Waals surface area contributed by atoms with Crippen molar-refractivity contribution in [3.63, 3.8) is 0 Å². The summed E-state index contributed by atoms with van der Waals surface area (Å²) in [5, 5.41) is 14.7. The lowest BCUT2D eigenvalue weighted by Crippen LogP contribution is -2.29. The minimum absolute atomic E-state index is 0.0825. The van der Waals surface area contributed by atoms with Gasteiger partial charge < -0.3 is 5.32 Å². The largest absolute Gasteiger partial charge is 0.317 e. The first-order valence-corrected chi connectivity index (χ1v) is 6.00. The van der Waals surface area contributed by atoms with E-state index in [0.29, 0.717) is 10.6 Å². The van der Waals surface area contributed by atoms with E-state index in [9.17, 15) is 10.1 Å². The number of hydrogen-bond donors (Lipinski definition) is 1. The zero-order chi connectivity index (χ0) is 13.0. The highest BCUT2D eigenvalue weighted by atomic mass is 35.5. The predicted molar refractivity (Wildman–Crippen MR) is 69.7 cm³/mol. The van der Waals surface area contributed by atoms with Gasteiger partial charge in [0.25, 0.3) is 5.69 Å². The molecule has 0 aliphatic rings. The van der Waals surface area contributed by atoms with E-state index in [4.69, 9.17) is 11.6 Å². The Morgan fingerprint density at radius 3 is 2.65 bits per heavy atom. The molecule has 1 rings (SSSR count). The molecule has 2 unspecified atom stereocenters. The Morgan fingerprint density at radius 1 is 1.53 bits per heavy atom. The van der Waals surface area contributed by atoms with Crippen molar-refractivity contribution in [2.45, 2.75) is 32.2 Å². The molecule has 0 aliphatic heterocycles. The van der Waals surface area contributed by atoms with Gasteiger partial charge in [-0.25, -0.2) is 0 Å². The Kier molecular flexibility index (Phi) is 4.90. The van der Waals surface area contributed by atoms with Crippen LogP contribution in [0.5, 0.6) is 0 Å². The molecule has 4 nitrogen and oxygen atoms in total. The van der Waals surface area contributed by atoms with Gasteiger partial charge in [-0.15, -0.1) is 0 Å². The summed E-state index contributed by atoms with van der Waals surface area (Å²) in [7, 11) is 1.85. The quantitative estimate of drug-likeness (QED) is 0.649. The second-order valence-electron chi connectivity index (χ2n) is 4.05. The highest BCUT2D eigenvalue weighted by Crippen LogP contribution is 2.33. The van der Waals surface area contributed by atoms with Gasteiger partial charge in [0.2, 0.25) is 0 Å². The lowest BCUT2D eigenvalue weighted by molar-refractivity contribution is -0.385. The topological polar surface area (TPSA) is 55.2 Å². The molecule has 0 saturated heterocycles. The maximum atomic E-state index is 11.0. The third kappa shape index (κ3) is 3.17. The van der Waals surface area contributed by atoms with Crippen LogP contribution in [0.15, 0.2) is 18.2 Å². The molecular weight excluding hydrogens is 240 g/mol. The first kappa shape index (κ1) is 13.9. The minimum Gasteiger partial charge on any atom is -0.317 e. The van der Waals surface area contributed by atoms with Crippen molar-refractivity contribution >= 4 is 17.3 Å². The molecule has 0 amide bonds. The molecule has 0 bridgehead atoms. The number of nitrogens with zero attached hydrogens (tertiary/aromatic N) is 1. The summed E-state index contributed by atoms with van der Waals surface area (Å²) in [6.07, 6.45) is 0.823. The number of hydrogen-bond acceptors (Lipinski definition) is 3. The van der Waals surface area contributed by atoms with E-state index in [-0.39, 0.29) is 22.6 Å². The molecule has 1 aromatic rings. The molecule has 0 fully saturated rings. The summed E-state index contributed by atoms with van der Waals surface area (Å²) in [6.45, 7) is 4.03. The fraction of sp³-hybridized carbons (Fsp3) is 0.500. The molecule has 0 radical (unpaired) electrons. The highest BCUT2D eigenvalue weighted by Gasteiger charge is 2.24. The first-order chi connectivity index (χ1) is 8.01. The van der Waals surface area contributed by atoms with E-state index < -0.39 is 0 Å². The maximum Gasteiger partial charge on any atom is 0.273 e. The van der Waals surface area contributed by atoms with Crippen molar-refractivity contribution in [1.82, 2.24) is 5.32 Å². The number of benzene rings is 1. The molecule has 1 N–H and O–H groups in total. The first-order valence-electron chi connectivity index (χ1n) is 5.62. The van der Waals surface area contributed by atoms with Gasteiger partial charge >= 0.3 is 0 Å². The number of rotatable bonds is 5. The van der Waals surface area contributed by atoms with Crippen molar-refractivity contribution in [3.8, 4) is 0 Å². The van der Waals surface area contributed by atoms with E-state index in [2.05, 4.69) is 5.32 Å². The Morgan fingerprint density at radius 2 is 2.18 bits per heavy atom. The SMILES string of the molecule is CCC(c1cc(Cl)ccc1[N+](=O)[O-])C(C)NC. The standard InChI is InChI=1S/C12H17ClN2O2/c1-4-10(8(2)14-3)11-7-9(13)5-6-12(11)15(16)17/h5-8,10,14H,4H2,1-3H3. The molecule has 0 heterocycles. The Balaban J connectivity index is 3.25. The van der Waals surface area contributed by atoms with Gasteiger partial charge in [0.05, 0.1) is 4.92 Å². The fourth-order valence-electron chi connectivity index (χ4n) is 2.03.